The number of hydrogen-bond acceptors (Lipinski definition) is 4. The number of furan rings is 1. The molecule has 7 heteroatoms. The second kappa shape index (κ2) is 3.93. The van der Waals surface area contributed by atoms with Crippen molar-refractivity contribution in [3.8, 4) is 0 Å². The molecule has 0 aliphatic carbocycles. The molecule has 1 saturated heterocycles. The van der Waals surface area contributed by atoms with Gasteiger partial charge in [0.1, 0.15) is 12.3 Å². The molecule has 1 aliphatic rings. The average Bonchev–Trinajstić information content (AvgIpc) is 2.80. The Balaban J connectivity index is 2.13. The first kappa shape index (κ1) is 11.2. The molecule has 3 amide bonds. The van der Waals surface area contributed by atoms with Crippen molar-refractivity contribution in [2.24, 2.45) is 0 Å². The number of likely N-dealkylation sites (N-methyl/N-ethyl adjacent to an activating group) is 1. The van der Waals surface area contributed by atoms with E-state index in [2.05, 4.69) is 0 Å². The van der Waals surface area contributed by atoms with E-state index in [4.69, 9.17) is 9.52 Å². The van der Waals surface area contributed by atoms with Crippen LogP contribution in [0.5, 0.6) is 0 Å². The molecule has 17 heavy (non-hydrogen) atoms. The van der Waals surface area contributed by atoms with Crippen LogP contribution in [0.1, 0.15) is 16.3 Å². The van der Waals surface area contributed by atoms with Gasteiger partial charge in [-0.2, -0.15) is 0 Å². The van der Waals surface area contributed by atoms with Crippen molar-refractivity contribution in [2.45, 2.75) is 6.54 Å². The van der Waals surface area contributed by atoms with E-state index in [9.17, 15) is 14.4 Å². The molecular formula is C10H10N2O5. The summed E-state index contributed by atoms with van der Waals surface area (Å²) in [5, 5.41) is 8.66. The predicted octanol–water partition coefficient (Wildman–Crippen LogP) is 0.372. The van der Waals surface area contributed by atoms with Crippen molar-refractivity contribution in [1.29, 1.82) is 0 Å². The molecule has 1 N–H and O–H groups in total. The highest BCUT2D eigenvalue weighted by Crippen LogP contribution is 2.15. The van der Waals surface area contributed by atoms with Gasteiger partial charge < -0.3 is 14.4 Å². The van der Waals surface area contributed by atoms with E-state index in [1.54, 1.807) is 0 Å². The fraction of sp³-hybridized carbons (Fsp3) is 0.300. The summed E-state index contributed by atoms with van der Waals surface area (Å²) in [6.07, 6.45) is 0. The molecule has 1 aliphatic heterocycles. The highest BCUT2D eigenvalue weighted by Gasteiger charge is 2.34. The van der Waals surface area contributed by atoms with E-state index in [-0.39, 0.29) is 30.5 Å². The molecule has 2 heterocycles. The molecule has 0 spiro atoms. The van der Waals surface area contributed by atoms with Gasteiger partial charge in [0.2, 0.25) is 5.76 Å². The van der Waals surface area contributed by atoms with Crippen LogP contribution in [0, 0.1) is 0 Å². The van der Waals surface area contributed by atoms with Gasteiger partial charge in [-0.15, -0.1) is 0 Å². The lowest BCUT2D eigenvalue weighted by molar-refractivity contribution is -0.125. The van der Waals surface area contributed by atoms with Crippen LogP contribution in [0.4, 0.5) is 4.79 Å². The molecule has 0 radical (unpaired) electrons. The summed E-state index contributed by atoms with van der Waals surface area (Å²) >= 11 is 0. The van der Waals surface area contributed by atoms with E-state index >= 15 is 0 Å². The van der Waals surface area contributed by atoms with Crippen LogP contribution in [0.25, 0.3) is 0 Å². The molecule has 0 saturated carbocycles. The van der Waals surface area contributed by atoms with E-state index in [0.717, 1.165) is 4.90 Å². The van der Waals surface area contributed by atoms with Crippen LogP contribution in [0.15, 0.2) is 16.5 Å². The van der Waals surface area contributed by atoms with Gasteiger partial charge in [0.25, 0.3) is 5.91 Å². The Hall–Kier alpha value is -2.31. The number of carboxylic acids is 1. The third-order valence-electron chi connectivity index (χ3n) is 2.42. The van der Waals surface area contributed by atoms with E-state index in [0.29, 0.717) is 0 Å². The minimum atomic E-state index is -1.19. The van der Waals surface area contributed by atoms with Crippen LogP contribution in [-0.2, 0) is 11.3 Å². The zero-order chi connectivity index (χ0) is 12.6. The normalized spacial score (nSPS) is 15.8. The number of rotatable bonds is 3. The topological polar surface area (TPSA) is 91.1 Å². The summed E-state index contributed by atoms with van der Waals surface area (Å²) in [5.74, 6) is -1.47. The van der Waals surface area contributed by atoms with Crippen LogP contribution >= 0.6 is 0 Å². The number of nitrogens with zero attached hydrogens (tertiary/aromatic N) is 2. The molecule has 0 unspecified atom stereocenters. The van der Waals surface area contributed by atoms with Crippen molar-refractivity contribution in [3.05, 3.63) is 23.7 Å². The highest BCUT2D eigenvalue weighted by atomic mass is 16.4. The van der Waals surface area contributed by atoms with Gasteiger partial charge in [-0.3, -0.25) is 9.69 Å². The van der Waals surface area contributed by atoms with Gasteiger partial charge in [0.15, 0.2) is 0 Å². The average molecular weight is 238 g/mol. The molecule has 0 atom stereocenters. The van der Waals surface area contributed by atoms with E-state index < -0.39 is 12.0 Å². The highest BCUT2D eigenvalue weighted by molar-refractivity contribution is 6.01. The summed E-state index contributed by atoms with van der Waals surface area (Å²) in [6, 6.07) is 2.30. The second-order valence-electron chi connectivity index (χ2n) is 3.69. The summed E-state index contributed by atoms with van der Waals surface area (Å²) in [5.41, 5.74) is 0. The molecule has 1 fully saturated rings. The summed E-state index contributed by atoms with van der Waals surface area (Å²) in [4.78, 5) is 35.9. The molecule has 1 aromatic rings. The molecule has 90 valence electrons. The van der Waals surface area contributed by atoms with Gasteiger partial charge in [-0.05, 0) is 12.1 Å². The van der Waals surface area contributed by atoms with Crippen LogP contribution in [0.3, 0.4) is 0 Å². The van der Waals surface area contributed by atoms with Crippen molar-refractivity contribution >= 4 is 17.9 Å². The number of carboxylic acid groups (broad SMARTS) is 1. The molecule has 0 bridgehead atoms. The monoisotopic (exact) mass is 238 g/mol. The zero-order valence-electron chi connectivity index (χ0n) is 9.04. The maximum absolute atomic E-state index is 11.5. The first-order valence-electron chi connectivity index (χ1n) is 4.86. The lowest BCUT2D eigenvalue weighted by Gasteiger charge is -2.11. The van der Waals surface area contributed by atoms with Crippen molar-refractivity contribution in [3.63, 3.8) is 0 Å². The maximum Gasteiger partial charge on any atom is 0.371 e. The van der Waals surface area contributed by atoms with Gasteiger partial charge >= 0.3 is 12.0 Å². The molecule has 1 aromatic heterocycles. The number of urea groups is 1. The molecular weight excluding hydrogens is 228 g/mol. The Kier molecular flexibility index (Phi) is 2.58. The van der Waals surface area contributed by atoms with Crippen LogP contribution in [0.2, 0.25) is 0 Å². The van der Waals surface area contributed by atoms with Gasteiger partial charge in [-0.25, -0.2) is 9.59 Å². The van der Waals surface area contributed by atoms with Crippen LogP contribution < -0.4 is 0 Å². The summed E-state index contributed by atoms with van der Waals surface area (Å²) in [7, 11) is 1.52. The number of hydrogen-bond donors (Lipinski definition) is 1. The third kappa shape index (κ3) is 1.99. The second-order valence-corrected chi connectivity index (χ2v) is 3.69. The fourth-order valence-corrected chi connectivity index (χ4v) is 1.56. The maximum atomic E-state index is 11.5. The zero-order valence-corrected chi connectivity index (χ0v) is 9.04. The lowest BCUT2D eigenvalue weighted by atomic mass is 10.4. The Morgan fingerprint density at radius 1 is 1.47 bits per heavy atom. The standard InChI is InChI=1S/C10H10N2O5/c1-11-5-8(13)12(10(11)16)4-6-2-3-7(17-6)9(14)15/h2-3H,4-5H2,1H3,(H,14,15). The first-order valence-corrected chi connectivity index (χ1v) is 4.86. The van der Waals surface area contributed by atoms with Crippen LogP contribution in [-0.4, -0.2) is 46.4 Å². The molecule has 7 nitrogen and oxygen atoms in total. The van der Waals surface area contributed by atoms with E-state index in [1.807, 2.05) is 0 Å². The smallest absolute Gasteiger partial charge is 0.371 e. The lowest BCUT2D eigenvalue weighted by Crippen LogP contribution is -2.30. The largest absolute Gasteiger partial charge is 0.475 e. The van der Waals surface area contributed by atoms with Crippen molar-refractivity contribution < 1.29 is 23.9 Å². The number of amides is 3. The summed E-state index contributed by atoms with van der Waals surface area (Å²) < 4.78 is 4.97. The Morgan fingerprint density at radius 3 is 2.65 bits per heavy atom. The first-order chi connectivity index (χ1) is 7.99. The Labute approximate surface area is 96.2 Å². The fourth-order valence-electron chi connectivity index (χ4n) is 1.56. The number of aromatic carboxylic acids is 1. The van der Waals surface area contributed by atoms with Crippen molar-refractivity contribution in [2.75, 3.05) is 13.6 Å². The number of imide groups is 1. The quantitative estimate of drug-likeness (QED) is 0.768. The molecule has 0 aromatic carbocycles. The minimum absolute atomic E-state index is 0.0331. The molecule has 2 rings (SSSR count). The number of carbonyl (C=O) groups is 3. The Morgan fingerprint density at radius 2 is 2.18 bits per heavy atom. The SMILES string of the molecule is CN1CC(=O)N(Cc2ccc(C(=O)O)o2)C1=O. The number of carbonyl (C=O) groups excluding carboxylic acids is 2. The van der Waals surface area contributed by atoms with Gasteiger partial charge in [-0.1, -0.05) is 0 Å². The van der Waals surface area contributed by atoms with E-state index in [1.165, 1.54) is 24.1 Å². The third-order valence-corrected chi connectivity index (χ3v) is 2.42. The Bertz CT molecular complexity index is 493. The van der Waals surface area contributed by atoms with Gasteiger partial charge in [0.05, 0.1) is 6.54 Å². The van der Waals surface area contributed by atoms with Crippen molar-refractivity contribution in [1.82, 2.24) is 9.80 Å². The summed E-state index contributed by atoms with van der Waals surface area (Å²) in [6.45, 7) is -0.0133. The van der Waals surface area contributed by atoms with Gasteiger partial charge in [0, 0.05) is 7.05 Å². The minimum Gasteiger partial charge on any atom is -0.475 e. The predicted molar refractivity (Wildman–Crippen MR) is 54.2 cm³/mol.